The van der Waals surface area contributed by atoms with E-state index in [9.17, 15) is 4.79 Å². The van der Waals surface area contributed by atoms with Gasteiger partial charge in [-0.2, -0.15) is 5.10 Å². The predicted molar refractivity (Wildman–Crippen MR) is 59.4 cm³/mol. The lowest BCUT2D eigenvalue weighted by Gasteiger charge is -2.14. The number of anilines is 1. The summed E-state index contributed by atoms with van der Waals surface area (Å²) in [5.74, 6) is 0. The number of nitrogens with zero attached hydrogens (tertiary/aromatic N) is 2. The van der Waals surface area contributed by atoms with Crippen LogP contribution in [0, 0.1) is 0 Å². The molecule has 0 spiro atoms. The summed E-state index contributed by atoms with van der Waals surface area (Å²) < 4.78 is 6.15. The SMILES string of the molecule is COCC(C)Nc1cnn(C)c(=O)c1Cl. The van der Waals surface area contributed by atoms with Crippen molar-refractivity contribution in [2.75, 3.05) is 19.0 Å². The molecule has 0 aliphatic heterocycles. The van der Waals surface area contributed by atoms with Gasteiger partial charge in [-0.1, -0.05) is 11.6 Å². The molecule has 1 rings (SSSR count). The molecule has 1 aromatic rings. The van der Waals surface area contributed by atoms with Crippen LogP contribution in [0.5, 0.6) is 0 Å². The van der Waals surface area contributed by atoms with Gasteiger partial charge in [0.1, 0.15) is 5.02 Å². The van der Waals surface area contributed by atoms with Crippen molar-refractivity contribution >= 4 is 17.3 Å². The summed E-state index contributed by atoms with van der Waals surface area (Å²) in [5.41, 5.74) is 0.218. The Kier molecular flexibility index (Phi) is 4.11. The summed E-state index contributed by atoms with van der Waals surface area (Å²) in [4.78, 5) is 11.4. The summed E-state index contributed by atoms with van der Waals surface area (Å²) in [5, 5.41) is 7.06. The standard InChI is InChI=1S/C9H14ClN3O2/c1-6(5-15-3)12-7-4-11-13(2)9(14)8(7)10/h4,6,12H,5H2,1-3H3. The van der Waals surface area contributed by atoms with Crippen LogP contribution < -0.4 is 10.9 Å². The van der Waals surface area contributed by atoms with Crippen LogP contribution in [0.3, 0.4) is 0 Å². The number of hydrogen-bond donors (Lipinski definition) is 1. The van der Waals surface area contributed by atoms with Gasteiger partial charge < -0.3 is 10.1 Å². The molecule has 0 aliphatic rings. The van der Waals surface area contributed by atoms with E-state index in [-0.39, 0.29) is 16.6 Å². The summed E-state index contributed by atoms with van der Waals surface area (Å²) >= 11 is 5.87. The monoisotopic (exact) mass is 231 g/mol. The normalized spacial score (nSPS) is 12.5. The Labute approximate surface area is 93.0 Å². The third kappa shape index (κ3) is 2.94. The van der Waals surface area contributed by atoms with Crippen molar-refractivity contribution in [3.63, 3.8) is 0 Å². The second kappa shape index (κ2) is 5.14. The van der Waals surface area contributed by atoms with Crippen LogP contribution in [0.15, 0.2) is 11.0 Å². The average Bonchev–Trinajstić information content (AvgIpc) is 2.20. The second-order valence-electron chi connectivity index (χ2n) is 3.30. The highest BCUT2D eigenvalue weighted by atomic mass is 35.5. The summed E-state index contributed by atoms with van der Waals surface area (Å²) in [6.07, 6.45) is 1.52. The first-order valence-electron chi connectivity index (χ1n) is 4.53. The highest BCUT2D eigenvalue weighted by molar-refractivity contribution is 6.32. The fourth-order valence-electron chi connectivity index (χ4n) is 1.17. The molecule has 1 atom stereocenters. The second-order valence-corrected chi connectivity index (χ2v) is 3.68. The molecule has 1 N–H and O–H groups in total. The number of rotatable bonds is 4. The van der Waals surface area contributed by atoms with E-state index in [0.717, 1.165) is 0 Å². The van der Waals surface area contributed by atoms with E-state index in [1.165, 1.54) is 10.9 Å². The molecule has 6 heteroatoms. The maximum atomic E-state index is 11.4. The van der Waals surface area contributed by atoms with Gasteiger partial charge in [0, 0.05) is 20.2 Å². The van der Waals surface area contributed by atoms with Crippen LogP contribution in [0.2, 0.25) is 5.02 Å². The van der Waals surface area contributed by atoms with Crippen LogP contribution in [0.4, 0.5) is 5.69 Å². The van der Waals surface area contributed by atoms with Gasteiger partial charge >= 0.3 is 0 Å². The summed E-state index contributed by atoms with van der Waals surface area (Å²) in [7, 11) is 3.17. The highest BCUT2D eigenvalue weighted by Crippen LogP contribution is 2.15. The molecule has 0 saturated heterocycles. The highest BCUT2D eigenvalue weighted by Gasteiger charge is 2.09. The van der Waals surface area contributed by atoms with E-state index in [4.69, 9.17) is 16.3 Å². The Morgan fingerprint density at radius 3 is 3.00 bits per heavy atom. The molecule has 1 unspecified atom stereocenters. The van der Waals surface area contributed by atoms with Crippen molar-refractivity contribution in [1.29, 1.82) is 0 Å². The van der Waals surface area contributed by atoms with Gasteiger partial charge in [0.15, 0.2) is 0 Å². The van der Waals surface area contributed by atoms with Gasteiger partial charge in [0.05, 0.1) is 18.5 Å². The lowest BCUT2D eigenvalue weighted by Crippen LogP contribution is -2.25. The number of nitrogens with one attached hydrogen (secondary N) is 1. The number of hydrogen-bond acceptors (Lipinski definition) is 4. The van der Waals surface area contributed by atoms with Crippen molar-refractivity contribution in [2.24, 2.45) is 7.05 Å². The number of aryl methyl sites for hydroxylation is 1. The summed E-state index contributed by atoms with van der Waals surface area (Å²) in [6.45, 7) is 2.46. The van der Waals surface area contributed by atoms with E-state index in [2.05, 4.69) is 10.4 Å². The van der Waals surface area contributed by atoms with E-state index in [0.29, 0.717) is 12.3 Å². The van der Waals surface area contributed by atoms with E-state index < -0.39 is 0 Å². The Hall–Kier alpha value is -1.07. The van der Waals surface area contributed by atoms with Crippen molar-refractivity contribution in [3.05, 3.63) is 21.6 Å². The lowest BCUT2D eigenvalue weighted by atomic mass is 10.3. The molecule has 0 saturated carbocycles. The third-order valence-corrected chi connectivity index (χ3v) is 2.26. The van der Waals surface area contributed by atoms with Crippen LogP contribution >= 0.6 is 11.6 Å². The Morgan fingerprint density at radius 2 is 2.40 bits per heavy atom. The minimum atomic E-state index is -0.314. The molecule has 1 heterocycles. The van der Waals surface area contributed by atoms with Gasteiger partial charge in [-0.15, -0.1) is 0 Å². The maximum Gasteiger partial charge on any atom is 0.287 e. The maximum absolute atomic E-state index is 11.4. The zero-order valence-corrected chi connectivity index (χ0v) is 9.71. The fraction of sp³-hybridized carbons (Fsp3) is 0.556. The molecular formula is C9H14ClN3O2. The Bertz CT molecular complexity index is 391. The Morgan fingerprint density at radius 1 is 1.73 bits per heavy atom. The van der Waals surface area contributed by atoms with Crippen molar-refractivity contribution in [1.82, 2.24) is 9.78 Å². The molecule has 0 fully saturated rings. The van der Waals surface area contributed by atoms with E-state index in [1.807, 2.05) is 6.92 Å². The number of halogens is 1. The first kappa shape index (κ1) is 12.0. The zero-order valence-electron chi connectivity index (χ0n) is 8.95. The van der Waals surface area contributed by atoms with Gasteiger partial charge in [0.2, 0.25) is 0 Å². The molecule has 0 aliphatic carbocycles. The molecule has 0 aromatic carbocycles. The average molecular weight is 232 g/mol. The first-order chi connectivity index (χ1) is 7.06. The predicted octanol–water partition coefficient (Wildman–Crippen LogP) is 0.880. The van der Waals surface area contributed by atoms with Gasteiger partial charge in [-0.3, -0.25) is 4.79 Å². The summed E-state index contributed by atoms with van der Waals surface area (Å²) in [6, 6.07) is 0.0707. The number of aromatic nitrogens is 2. The molecule has 0 radical (unpaired) electrons. The molecule has 5 nitrogen and oxygen atoms in total. The molecule has 0 bridgehead atoms. The van der Waals surface area contributed by atoms with Crippen molar-refractivity contribution in [3.8, 4) is 0 Å². The van der Waals surface area contributed by atoms with Gasteiger partial charge in [-0.25, -0.2) is 4.68 Å². The lowest BCUT2D eigenvalue weighted by molar-refractivity contribution is 0.190. The minimum Gasteiger partial charge on any atom is -0.383 e. The zero-order chi connectivity index (χ0) is 11.4. The molecule has 84 valence electrons. The quantitative estimate of drug-likeness (QED) is 0.836. The number of methoxy groups -OCH3 is 1. The molecule has 15 heavy (non-hydrogen) atoms. The third-order valence-electron chi connectivity index (χ3n) is 1.90. The van der Waals surface area contributed by atoms with Crippen LogP contribution in [0.25, 0.3) is 0 Å². The van der Waals surface area contributed by atoms with Crippen molar-refractivity contribution in [2.45, 2.75) is 13.0 Å². The van der Waals surface area contributed by atoms with Crippen LogP contribution in [-0.4, -0.2) is 29.5 Å². The molecule has 0 amide bonds. The van der Waals surface area contributed by atoms with E-state index >= 15 is 0 Å². The first-order valence-corrected chi connectivity index (χ1v) is 4.91. The van der Waals surface area contributed by atoms with Crippen molar-refractivity contribution < 1.29 is 4.74 Å². The van der Waals surface area contributed by atoms with Crippen LogP contribution in [-0.2, 0) is 11.8 Å². The van der Waals surface area contributed by atoms with E-state index in [1.54, 1.807) is 14.2 Å². The van der Waals surface area contributed by atoms with Crippen LogP contribution in [0.1, 0.15) is 6.92 Å². The largest absolute Gasteiger partial charge is 0.383 e. The molecular weight excluding hydrogens is 218 g/mol. The topological polar surface area (TPSA) is 56.1 Å². The smallest absolute Gasteiger partial charge is 0.287 e. The van der Waals surface area contributed by atoms with Gasteiger partial charge in [0.25, 0.3) is 5.56 Å². The molecule has 1 aromatic heterocycles. The Balaban J connectivity index is 2.87. The fourth-order valence-corrected chi connectivity index (χ4v) is 1.39. The van der Waals surface area contributed by atoms with Gasteiger partial charge in [-0.05, 0) is 6.92 Å². The number of ether oxygens (including phenoxy) is 1. The minimum absolute atomic E-state index is 0.0707.